The number of carbonyl (C=O) groups excluding carboxylic acids is 1. The van der Waals surface area contributed by atoms with Gasteiger partial charge >= 0.3 is 12.4 Å². The van der Waals surface area contributed by atoms with E-state index in [1.54, 1.807) is 0 Å². The average molecular weight is 458 g/mol. The molecule has 0 fully saturated rings. The monoisotopic (exact) mass is 458 g/mol. The number of rotatable bonds is 4. The number of halogens is 7. The summed E-state index contributed by atoms with van der Waals surface area (Å²) in [6, 6.07) is 8.36. The second-order valence-electron chi connectivity index (χ2n) is 6.70. The minimum Gasteiger partial charge on any atom is -0.322 e. The van der Waals surface area contributed by atoms with Crippen molar-refractivity contribution >= 4 is 11.6 Å². The number of hydrogen-bond acceptors (Lipinski definition) is 2. The minimum absolute atomic E-state index is 0.146. The first-order valence-electron chi connectivity index (χ1n) is 8.90. The van der Waals surface area contributed by atoms with Gasteiger partial charge in [0, 0.05) is 11.9 Å². The predicted molar refractivity (Wildman–Crippen MR) is 101 cm³/mol. The molecule has 0 radical (unpaired) electrons. The molecule has 1 N–H and O–H groups in total. The van der Waals surface area contributed by atoms with Gasteiger partial charge in [0.1, 0.15) is 11.4 Å². The van der Waals surface area contributed by atoms with Crippen molar-refractivity contribution in [2.75, 3.05) is 5.32 Å². The van der Waals surface area contributed by atoms with Crippen LogP contribution in [0.2, 0.25) is 0 Å². The highest BCUT2D eigenvalue weighted by atomic mass is 19.4. The van der Waals surface area contributed by atoms with Crippen LogP contribution in [0, 0.1) is 5.82 Å². The van der Waals surface area contributed by atoms with Crippen molar-refractivity contribution in [3.8, 4) is 0 Å². The van der Waals surface area contributed by atoms with E-state index in [0.717, 1.165) is 28.8 Å². The largest absolute Gasteiger partial charge is 0.419 e. The summed E-state index contributed by atoms with van der Waals surface area (Å²) in [4.78, 5) is 25.0. The van der Waals surface area contributed by atoms with Crippen LogP contribution in [-0.4, -0.2) is 10.5 Å². The summed E-state index contributed by atoms with van der Waals surface area (Å²) in [6.45, 7) is -0.146. The number of benzene rings is 2. The molecule has 11 heteroatoms. The van der Waals surface area contributed by atoms with Crippen LogP contribution in [0.1, 0.15) is 27.0 Å². The number of alkyl halides is 6. The topological polar surface area (TPSA) is 51.1 Å². The van der Waals surface area contributed by atoms with E-state index in [0.29, 0.717) is 17.7 Å². The van der Waals surface area contributed by atoms with Gasteiger partial charge in [-0.25, -0.2) is 4.39 Å². The van der Waals surface area contributed by atoms with Gasteiger partial charge in [0.2, 0.25) is 0 Å². The van der Waals surface area contributed by atoms with Crippen LogP contribution in [0.3, 0.4) is 0 Å². The lowest BCUT2D eigenvalue weighted by Gasteiger charge is -2.12. The molecular formula is C21H13F7N2O2. The van der Waals surface area contributed by atoms with Crippen molar-refractivity contribution in [3.63, 3.8) is 0 Å². The molecule has 0 aliphatic rings. The molecule has 0 unspecified atom stereocenters. The Hall–Kier alpha value is -3.63. The highest BCUT2D eigenvalue weighted by Crippen LogP contribution is 2.33. The zero-order valence-electron chi connectivity index (χ0n) is 15.9. The van der Waals surface area contributed by atoms with E-state index in [-0.39, 0.29) is 12.2 Å². The van der Waals surface area contributed by atoms with E-state index in [1.807, 2.05) is 0 Å². The van der Waals surface area contributed by atoms with Gasteiger partial charge in [-0.05, 0) is 48.0 Å². The summed E-state index contributed by atoms with van der Waals surface area (Å²) < 4.78 is 90.9. The number of nitrogens with one attached hydrogen (secondary N) is 1. The Morgan fingerprint density at radius 2 is 1.56 bits per heavy atom. The Labute approximate surface area is 175 Å². The fraction of sp³-hybridized carbons (Fsp3) is 0.143. The van der Waals surface area contributed by atoms with E-state index in [1.165, 1.54) is 24.4 Å². The molecule has 0 saturated heterocycles. The summed E-state index contributed by atoms with van der Waals surface area (Å²) in [5, 5.41) is 2.11. The molecule has 0 aliphatic carbocycles. The Balaban J connectivity index is 1.82. The smallest absolute Gasteiger partial charge is 0.322 e. The van der Waals surface area contributed by atoms with E-state index in [2.05, 4.69) is 5.32 Å². The molecule has 2 aromatic carbocycles. The van der Waals surface area contributed by atoms with Crippen LogP contribution in [0.4, 0.5) is 36.4 Å². The second kappa shape index (κ2) is 8.48. The van der Waals surface area contributed by atoms with Crippen LogP contribution in [-0.2, 0) is 18.9 Å². The molecule has 0 saturated carbocycles. The van der Waals surface area contributed by atoms with Gasteiger partial charge in [-0.1, -0.05) is 12.1 Å². The lowest BCUT2D eigenvalue weighted by atomic mass is 10.1. The standard InChI is InChI=1S/C21H13F7N2O2/c22-17-8-7-14(10-16(17)21(26,27)28)29-18(31)15-2-1-9-30(19(15)32)11-12-3-5-13(6-4-12)20(23,24)25/h1-10H,11H2,(H,29,31). The quantitative estimate of drug-likeness (QED) is 0.538. The fourth-order valence-corrected chi connectivity index (χ4v) is 2.85. The van der Waals surface area contributed by atoms with E-state index >= 15 is 0 Å². The van der Waals surface area contributed by atoms with Gasteiger partial charge in [-0.3, -0.25) is 9.59 Å². The summed E-state index contributed by atoms with van der Waals surface area (Å²) in [6.07, 6.45) is -8.19. The maximum absolute atomic E-state index is 13.4. The third-order valence-electron chi connectivity index (χ3n) is 4.43. The SMILES string of the molecule is O=C(Nc1ccc(F)c(C(F)(F)F)c1)c1cccn(Cc2ccc(C(F)(F)F)cc2)c1=O. The molecule has 1 amide bonds. The predicted octanol–water partition coefficient (Wildman–Crippen LogP) is 5.33. The van der Waals surface area contributed by atoms with Gasteiger partial charge in [-0.2, -0.15) is 26.3 Å². The lowest BCUT2D eigenvalue weighted by molar-refractivity contribution is -0.140. The summed E-state index contributed by atoms with van der Waals surface area (Å²) in [5.41, 5.74) is -3.70. The van der Waals surface area contributed by atoms with Crippen LogP contribution < -0.4 is 10.9 Å². The normalized spacial score (nSPS) is 12.0. The maximum Gasteiger partial charge on any atom is 0.419 e. The first kappa shape index (κ1) is 23.0. The third-order valence-corrected chi connectivity index (χ3v) is 4.43. The highest BCUT2D eigenvalue weighted by Gasteiger charge is 2.34. The van der Waals surface area contributed by atoms with Crippen LogP contribution >= 0.6 is 0 Å². The van der Waals surface area contributed by atoms with Crippen LogP contribution in [0.25, 0.3) is 0 Å². The highest BCUT2D eigenvalue weighted by molar-refractivity contribution is 6.04. The Morgan fingerprint density at radius 3 is 2.16 bits per heavy atom. The van der Waals surface area contributed by atoms with Gasteiger partial charge in [0.05, 0.1) is 17.7 Å². The van der Waals surface area contributed by atoms with Crippen molar-refractivity contribution in [1.82, 2.24) is 4.57 Å². The molecule has 32 heavy (non-hydrogen) atoms. The molecular weight excluding hydrogens is 445 g/mol. The maximum atomic E-state index is 13.4. The summed E-state index contributed by atoms with van der Waals surface area (Å²) in [5.74, 6) is -2.55. The van der Waals surface area contributed by atoms with Crippen molar-refractivity contribution in [1.29, 1.82) is 0 Å². The van der Waals surface area contributed by atoms with E-state index in [4.69, 9.17) is 0 Å². The number of aromatic nitrogens is 1. The average Bonchev–Trinajstić information content (AvgIpc) is 2.70. The molecule has 1 aromatic heterocycles. The molecule has 0 bridgehead atoms. The van der Waals surface area contributed by atoms with Gasteiger partial charge in [0.25, 0.3) is 11.5 Å². The van der Waals surface area contributed by atoms with Crippen molar-refractivity contribution in [2.24, 2.45) is 0 Å². The number of carbonyl (C=O) groups is 1. The van der Waals surface area contributed by atoms with Crippen molar-refractivity contribution < 1.29 is 35.5 Å². The van der Waals surface area contributed by atoms with Crippen molar-refractivity contribution in [3.05, 3.63) is 99.2 Å². The first-order chi connectivity index (χ1) is 14.9. The Morgan fingerprint density at radius 1 is 0.906 bits per heavy atom. The van der Waals surface area contributed by atoms with Gasteiger partial charge < -0.3 is 9.88 Å². The molecule has 1 heterocycles. The number of nitrogens with zero attached hydrogens (tertiary/aromatic N) is 1. The lowest BCUT2D eigenvalue weighted by Crippen LogP contribution is -2.29. The van der Waals surface area contributed by atoms with Crippen molar-refractivity contribution in [2.45, 2.75) is 18.9 Å². The van der Waals surface area contributed by atoms with E-state index < -0.39 is 46.3 Å². The molecule has 0 atom stereocenters. The number of amides is 1. The zero-order chi connectivity index (χ0) is 23.7. The molecule has 3 aromatic rings. The van der Waals surface area contributed by atoms with Gasteiger partial charge in [0.15, 0.2) is 0 Å². The molecule has 168 valence electrons. The Kier molecular flexibility index (Phi) is 6.11. The molecule has 0 spiro atoms. The fourth-order valence-electron chi connectivity index (χ4n) is 2.85. The molecule has 4 nitrogen and oxygen atoms in total. The molecule has 3 rings (SSSR count). The summed E-state index contributed by atoms with van der Waals surface area (Å²) >= 11 is 0. The minimum atomic E-state index is -4.98. The Bertz CT molecular complexity index is 1200. The number of pyridine rings is 1. The summed E-state index contributed by atoms with van der Waals surface area (Å²) in [7, 11) is 0. The number of anilines is 1. The molecule has 0 aliphatic heterocycles. The number of hydrogen-bond donors (Lipinski definition) is 1. The van der Waals surface area contributed by atoms with Crippen LogP contribution in [0.15, 0.2) is 65.6 Å². The first-order valence-corrected chi connectivity index (χ1v) is 8.90. The zero-order valence-corrected chi connectivity index (χ0v) is 15.9. The third kappa shape index (κ3) is 5.16. The van der Waals surface area contributed by atoms with E-state index in [9.17, 15) is 40.3 Å². The van der Waals surface area contributed by atoms with Crippen LogP contribution in [0.5, 0.6) is 0 Å². The second-order valence-corrected chi connectivity index (χ2v) is 6.70. The van der Waals surface area contributed by atoms with Gasteiger partial charge in [-0.15, -0.1) is 0 Å².